The predicted molar refractivity (Wildman–Crippen MR) is 123 cm³/mol. The predicted octanol–water partition coefficient (Wildman–Crippen LogP) is 2.96. The number of anilines is 1. The van der Waals surface area contributed by atoms with Crippen molar-refractivity contribution in [2.75, 3.05) is 51.8 Å². The Morgan fingerprint density at radius 3 is 2.32 bits per heavy atom. The van der Waals surface area contributed by atoms with E-state index in [1.54, 1.807) is 20.2 Å². The van der Waals surface area contributed by atoms with Crippen LogP contribution in [-0.4, -0.2) is 52.9 Å². The third-order valence-corrected chi connectivity index (χ3v) is 6.11. The average molecular weight is 476 g/mol. The molecule has 0 spiro atoms. The fourth-order valence-electron chi connectivity index (χ4n) is 4.00. The number of hydrogen-bond donors (Lipinski definition) is 1. The van der Waals surface area contributed by atoms with Crippen LogP contribution in [0.3, 0.4) is 0 Å². The Morgan fingerprint density at radius 2 is 1.71 bits per heavy atom. The normalized spacial score (nSPS) is 14.6. The minimum Gasteiger partial charge on any atom is -0.440 e. The van der Waals surface area contributed by atoms with Crippen LogP contribution in [-0.2, 0) is 11.2 Å². The lowest BCUT2D eigenvalue weighted by molar-refractivity contribution is 0.1000. The number of rotatable bonds is 6. The molecule has 0 radical (unpaired) electrons. The quantitative estimate of drug-likeness (QED) is 0.437. The van der Waals surface area contributed by atoms with E-state index in [-0.39, 0.29) is 33.0 Å². The van der Waals surface area contributed by atoms with Gasteiger partial charge in [-0.05, 0) is 12.1 Å². The molecule has 0 aliphatic carbocycles. The van der Waals surface area contributed by atoms with Crippen molar-refractivity contribution in [2.45, 2.75) is 6.42 Å². The highest BCUT2D eigenvalue weighted by Gasteiger charge is 2.25. The summed E-state index contributed by atoms with van der Waals surface area (Å²) in [6.45, 7) is 2.44. The van der Waals surface area contributed by atoms with E-state index in [4.69, 9.17) is 14.9 Å². The number of benzene rings is 2. The van der Waals surface area contributed by atoms with Gasteiger partial charge in [0, 0.05) is 48.8 Å². The van der Waals surface area contributed by atoms with Crippen molar-refractivity contribution in [1.82, 2.24) is 4.48 Å². The molecule has 1 aliphatic heterocycles. The number of nitrogens with two attached hydrogens (primary N) is 1. The molecule has 34 heavy (non-hydrogen) atoms. The lowest BCUT2D eigenvalue weighted by Gasteiger charge is -2.30. The number of likely N-dealkylation sites (N-methyl/N-ethyl adjacent to an activating group) is 1. The first-order valence-electron chi connectivity index (χ1n) is 10.8. The van der Waals surface area contributed by atoms with Crippen molar-refractivity contribution in [1.29, 1.82) is 0 Å². The lowest BCUT2D eigenvalue weighted by Crippen LogP contribution is -2.42. The van der Waals surface area contributed by atoms with E-state index >= 15 is 0 Å². The number of fused-ring (bicyclic) bond motifs is 1. The van der Waals surface area contributed by atoms with Gasteiger partial charge in [0.25, 0.3) is 0 Å². The summed E-state index contributed by atoms with van der Waals surface area (Å²) in [5.74, 6) is -4.38. The van der Waals surface area contributed by atoms with Crippen molar-refractivity contribution in [3.8, 4) is 0 Å². The summed E-state index contributed by atoms with van der Waals surface area (Å²) in [5, 5.41) is 0.215. The zero-order valence-electron chi connectivity index (χ0n) is 18.9. The number of primary amides is 1. The molecule has 180 valence electrons. The Hall–Kier alpha value is -3.37. The minimum atomic E-state index is -1.53. The Morgan fingerprint density at radius 1 is 1.06 bits per heavy atom. The topological polar surface area (TPSA) is 85.8 Å². The van der Waals surface area contributed by atoms with Gasteiger partial charge in [0.2, 0.25) is 5.91 Å². The van der Waals surface area contributed by atoms with E-state index in [0.717, 1.165) is 12.1 Å². The van der Waals surface area contributed by atoms with Gasteiger partial charge in [0.05, 0.1) is 39.2 Å². The first-order chi connectivity index (χ1) is 16.1. The molecule has 7 nitrogen and oxygen atoms in total. The van der Waals surface area contributed by atoms with Crippen molar-refractivity contribution in [2.24, 2.45) is 5.73 Å². The molecule has 2 aromatic carbocycles. The number of ether oxygens (including phenoxy) is 1. The van der Waals surface area contributed by atoms with E-state index in [1.807, 2.05) is 4.90 Å². The highest BCUT2D eigenvalue weighted by Crippen LogP contribution is 2.28. The summed E-state index contributed by atoms with van der Waals surface area (Å²) in [6.07, 6.45) is 0.279. The number of halogens is 3. The Bertz CT molecular complexity index is 1290. The molecule has 0 atom stereocenters. The fraction of sp³-hybridized carbons (Fsp3) is 0.333. The molecule has 0 saturated carbocycles. The van der Waals surface area contributed by atoms with Gasteiger partial charge in [-0.2, -0.15) is 0 Å². The van der Waals surface area contributed by atoms with Gasteiger partial charge < -0.3 is 19.8 Å². The maximum absolute atomic E-state index is 13.8. The monoisotopic (exact) mass is 476 g/mol. The third-order valence-electron chi connectivity index (χ3n) is 6.11. The first-order valence-corrected chi connectivity index (χ1v) is 10.8. The SMILES string of the molecule is C[N+](C)(CCc1cc(C(N)=O)cc2c(=O)cc(N3CCOCC3)oc12)c1cc(F)c(F)c(F)c1. The van der Waals surface area contributed by atoms with Gasteiger partial charge in [0.15, 0.2) is 28.8 Å². The van der Waals surface area contributed by atoms with E-state index < -0.39 is 23.4 Å². The standard InChI is InChI=1S/C24H24F3N3O4/c1-30(2,16-11-18(25)22(27)19(26)12-16)6-3-14-9-15(24(28)32)10-17-20(31)13-21(34-23(14)17)29-4-7-33-8-5-29/h9-13H,3-8H2,1-2H3,(H-,28,32)/p+1. The van der Waals surface area contributed by atoms with Crippen molar-refractivity contribution in [3.05, 3.63) is 69.1 Å². The number of carbonyl (C=O) groups is 1. The Kier molecular flexibility index (Phi) is 6.37. The van der Waals surface area contributed by atoms with Gasteiger partial charge in [-0.1, -0.05) is 0 Å². The minimum absolute atomic E-state index is 0.00377. The maximum atomic E-state index is 13.8. The summed E-state index contributed by atoms with van der Waals surface area (Å²) in [4.78, 5) is 26.7. The van der Waals surface area contributed by atoms with E-state index in [2.05, 4.69) is 0 Å². The second kappa shape index (κ2) is 9.11. The molecule has 2 N–H and O–H groups in total. The molecule has 1 saturated heterocycles. The van der Waals surface area contributed by atoms with Gasteiger partial charge in [-0.25, -0.2) is 13.2 Å². The highest BCUT2D eigenvalue weighted by molar-refractivity contribution is 5.97. The highest BCUT2D eigenvalue weighted by atomic mass is 19.2. The van der Waals surface area contributed by atoms with Crippen LogP contribution in [0, 0.1) is 17.5 Å². The van der Waals surface area contributed by atoms with E-state index in [1.165, 1.54) is 12.1 Å². The third kappa shape index (κ3) is 4.64. The van der Waals surface area contributed by atoms with Crippen LogP contribution in [0.2, 0.25) is 0 Å². The van der Waals surface area contributed by atoms with Gasteiger partial charge >= 0.3 is 0 Å². The average Bonchev–Trinajstić information content (AvgIpc) is 2.81. The molecule has 1 aromatic heterocycles. The van der Waals surface area contributed by atoms with Crippen molar-refractivity contribution in [3.63, 3.8) is 0 Å². The van der Waals surface area contributed by atoms with E-state index in [9.17, 15) is 22.8 Å². The van der Waals surface area contributed by atoms with Gasteiger partial charge in [-0.15, -0.1) is 0 Å². The van der Waals surface area contributed by atoms with Crippen LogP contribution >= 0.6 is 0 Å². The fourth-order valence-corrected chi connectivity index (χ4v) is 4.00. The summed E-state index contributed by atoms with van der Waals surface area (Å²) < 4.78 is 52.5. The molecular formula is C24H25F3N3O4+. The zero-order chi connectivity index (χ0) is 24.6. The van der Waals surface area contributed by atoms with Crippen LogP contribution in [0.1, 0.15) is 15.9 Å². The summed E-state index contributed by atoms with van der Waals surface area (Å²) in [6, 6.07) is 6.25. The van der Waals surface area contributed by atoms with Crippen LogP contribution in [0.15, 0.2) is 39.5 Å². The van der Waals surface area contributed by atoms with Crippen LogP contribution < -0.4 is 20.5 Å². The van der Waals surface area contributed by atoms with E-state index in [0.29, 0.717) is 49.9 Å². The number of hydrogen-bond acceptors (Lipinski definition) is 5. The zero-order valence-corrected chi connectivity index (χ0v) is 18.9. The number of amides is 1. The Labute approximate surface area is 193 Å². The second-order valence-corrected chi connectivity index (χ2v) is 8.81. The number of morpholine rings is 1. The molecule has 10 heteroatoms. The lowest BCUT2D eigenvalue weighted by atomic mass is 10.0. The van der Waals surface area contributed by atoms with Crippen molar-refractivity contribution < 1.29 is 27.1 Å². The van der Waals surface area contributed by atoms with Gasteiger partial charge in [-0.3, -0.25) is 14.1 Å². The summed E-state index contributed by atoms with van der Waals surface area (Å²) >= 11 is 0. The summed E-state index contributed by atoms with van der Waals surface area (Å²) in [5.41, 5.74) is 6.40. The largest absolute Gasteiger partial charge is 0.440 e. The smallest absolute Gasteiger partial charge is 0.248 e. The maximum Gasteiger partial charge on any atom is 0.248 e. The number of nitrogens with zero attached hydrogens (tertiary/aromatic N) is 2. The first kappa shape index (κ1) is 23.8. The van der Waals surface area contributed by atoms with Crippen LogP contribution in [0.25, 0.3) is 11.0 Å². The molecular weight excluding hydrogens is 451 g/mol. The van der Waals surface area contributed by atoms with Crippen LogP contribution in [0.4, 0.5) is 24.7 Å². The molecule has 0 bridgehead atoms. The Balaban J connectivity index is 1.74. The van der Waals surface area contributed by atoms with Crippen LogP contribution in [0.5, 0.6) is 0 Å². The number of quaternary nitrogens is 1. The second-order valence-electron chi connectivity index (χ2n) is 8.81. The molecule has 1 aliphatic rings. The molecule has 2 heterocycles. The number of carbonyl (C=O) groups excluding carboxylic acids is 1. The molecule has 3 aromatic rings. The molecule has 0 unspecified atom stereocenters. The van der Waals surface area contributed by atoms with Crippen molar-refractivity contribution >= 4 is 28.4 Å². The molecule has 1 fully saturated rings. The van der Waals surface area contributed by atoms with Gasteiger partial charge in [0.1, 0.15) is 11.3 Å². The summed E-state index contributed by atoms with van der Waals surface area (Å²) in [7, 11) is 3.42. The molecule has 4 rings (SSSR count). The molecule has 1 amide bonds.